The van der Waals surface area contributed by atoms with Crippen molar-refractivity contribution in [3.8, 4) is 11.5 Å². The number of carbonyl (C=O) groups excluding carboxylic acids is 1. The molecular formula is C43H51N2O3+. The number of allylic oxidation sites excluding steroid dienone is 2. The summed E-state index contributed by atoms with van der Waals surface area (Å²) in [6.07, 6.45) is 10.7. The van der Waals surface area contributed by atoms with Crippen LogP contribution in [0.25, 0.3) is 16.7 Å². The van der Waals surface area contributed by atoms with Crippen molar-refractivity contribution >= 4 is 28.4 Å². The monoisotopic (exact) mass is 643 g/mol. The highest BCUT2D eigenvalue weighted by Gasteiger charge is 2.36. The molecule has 0 aromatic heterocycles. The molecule has 0 radical (unpaired) electrons. The Kier molecular flexibility index (Phi) is 8.17. The highest BCUT2D eigenvalue weighted by Crippen LogP contribution is 2.46. The zero-order chi connectivity index (χ0) is 34.0. The number of hydrogen-bond acceptors (Lipinski definition) is 4. The third-order valence-corrected chi connectivity index (χ3v) is 11.1. The molecule has 5 nitrogen and oxygen atoms in total. The fraction of sp³-hybridized carbons (Fsp3) is 0.442. The molecule has 0 N–H and O–H groups in total. The van der Waals surface area contributed by atoms with Crippen molar-refractivity contribution in [3.63, 3.8) is 0 Å². The topological polar surface area (TPSA) is 41.8 Å². The zero-order valence-electron chi connectivity index (χ0n) is 30.1. The maximum Gasteiger partial charge on any atom is 0.338 e. The smallest absolute Gasteiger partial charge is 0.338 e. The lowest BCUT2D eigenvalue weighted by molar-refractivity contribution is 0.0410. The van der Waals surface area contributed by atoms with E-state index in [0.29, 0.717) is 18.1 Å². The van der Waals surface area contributed by atoms with E-state index in [0.717, 1.165) is 59.3 Å². The van der Waals surface area contributed by atoms with Crippen LogP contribution < -0.4 is 24.8 Å². The molecule has 1 saturated carbocycles. The third kappa shape index (κ3) is 5.40. The zero-order valence-corrected chi connectivity index (χ0v) is 30.1. The molecule has 1 aliphatic carbocycles. The fourth-order valence-corrected chi connectivity index (χ4v) is 8.98. The molecule has 0 bridgehead atoms. The van der Waals surface area contributed by atoms with Gasteiger partial charge < -0.3 is 14.4 Å². The van der Waals surface area contributed by atoms with Gasteiger partial charge in [0.2, 0.25) is 5.36 Å². The summed E-state index contributed by atoms with van der Waals surface area (Å²) in [5.41, 5.74) is 9.33. The molecule has 0 spiro atoms. The molecule has 3 aromatic carbocycles. The van der Waals surface area contributed by atoms with E-state index in [1.165, 1.54) is 52.6 Å². The van der Waals surface area contributed by atoms with Crippen LogP contribution in [0.3, 0.4) is 0 Å². The molecule has 1 fully saturated rings. The van der Waals surface area contributed by atoms with Crippen LogP contribution in [0.4, 0.5) is 5.69 Å². The van der Waals surface area contributed by atoms with Crippen molar-refractivity contribution in [2.75, 3.05) is 24.6 Å². The van der Waals surface area contributed by atoms with Gasteiger partial charge in [-0.2, -0.15) is 0 Å². The van der Waals surface area contributed by atoms with E-state index in [9.17, 15) is 4.79 Å². The number of likely N-dealkylation sites (N-methyl/N-ethyl adjacent to an activating group) is 2. The summed E-state index contributed by atoms with van der Waals surface area (Å²) in [5.74, 6) is 1.83. The van der Waals surface area contributed by atoms with Crippen LogP contribution in [-0.4, -0.2) is 36.7 Å². The average molecular weight is 644 g/mol. The van der Waals surface area contributed by atoms with Gasteiger partial charge in [0.15, 0.2) is 5.54 Å². The Labute approximate surface area is 286 Å². The molecule has 0 saturated heterocycles. The van der Waals surface area contributed by atoms with E-state index >= 15 is 0 Å². The second-order valence-electron chi connectivity index (χ2n) is 15.3. The summed E-state index contributed by atoms with van der Waals surface area (Å²) in [4.78, 5) is 16.4. The maximum absolute atomic E-state index is 14.0. The van der Waals surface area contributed by atoms with Crippen LogP contribution in [0, 0.1) is 5.92 Å². The van der Waals surface area contributed by atoms with Crippen molar-refractivity contribution in [1.82, 2.24) is 4.58 Å². The van der Waals surface area contributed by atoms with Crippen molar-refractivity contribution in [2.24, 2.45) is 5.92 Å². The summed E-state index contributed by atoms with van der Waals surface area (Å²) >= 11 is 0. The van der Waals surface area contributed by atoms with Gasteiger partial charge in [-0.05, 0) is 101 Å². The van der Waals surface area contributed by atoms with Crippen LogP contribution in [0.15, 0.2) is 60.7 Å². The molecule has 3 aliphatic heterocycles. The quantitative estimate of drug-likeness (QED) is 0.156. The van der Waals surface area contributed by atoms with Crippen LogP contribution in [0.5, 0.6) is 11.5 Å². The van der Waals surface area contributed by atoms with E-state index in [1.807, 2.05) is 18.2 Å². The maximum atomic E-state index is 14.0. The lowest BCUT2D eigenvalue weighted by Crippen LogP contribution is -2.49. The summed E-state index contributed by atoms with van der Waals surface area (Å²) in [7, 11) is 0. The Morgan fingerprint density at radius 2 is 1.60 bits per heavy atom. The number of nitrogens with zero attached hydrogens (tertiary/aromatic N) is 2. The van der Waals surface area contributed by atoms with Crippen LogP contribution in [0.2, 0.25) is 0 Å². The molecule has 5 heteroatoms. The summed E-state index contributed by atoms with van der Waals surface area (Å²) < 4.78 is 15.5. The van der Waals surface area contributed by atoms with E-state index in [1.54, 1.807) is 0 Å². The van der Waals surface area contributed by atoms with Crippen molar-refractivity contribution in [3.05, 3.63) is 99.1 Å². The first-order valence-electron chi connectivity index (χ1n) is 18.1. The SMILES string of the molecule is CCN1c2cc3c(cc2C(C)=CC1(C)C)C(c1ccccc1C(=O)OCC1CCCCC1)=c1cc2c(cc1O3)=[N+](CC)C(C)(C)C=C2C. The predicted octanol–water partition coefficient (Wildman–Crippen LogP) is 8.51. The Bertz CT molecular complexity index is 2010. The second kappa shape index (κ2) is 12.1. The number of esters is 1. The Morgan fingerprint density at radius 3 is 2.33 bits per heavy atom. The number of carbonyl (C=O) groups is 1. The Hall–Kier alpha value is -4.12. The average Bonchev–Trinajstić information content (AvgIpc) is 3.05. The molecule has 0 atom stereocenters. The minimum absolute atomic E-state index is 0.121. The Balaban J connectivity index is 1.49. The third-order valence-electron chi connectivity index (χ3n) is 11.1. The van der Waals surface area contributed by atoms with Gasteiger partial charge in [0, 0.05) is 59.6 Å². The minimum Gasteiger partial charge on any atom is -0.462 e. The van der Waals surface area contributed by atoms with Crippen molar-refractivity contribution in [2.45, 2.75) is 98.6 Å². The second-order valence-corrected chi connectivity index (χ2v) is 15.3. The molecule has 3 aromatic rings. The lowest BCUT2D eigenvalue weighted by Gasteiger charge is -2.43. The summed E-state index contributed by atoms with van der Waals surface area (Å²) in [6.45, 7) is 20.2. The normalized spacial score (nSPS) is 19.3. The van der Waals surface area contributed by atoms with Crippen LogP contribution in [-0.2, 0) is 4.74 Å². The number of rotatable bonds is 6. The van der Waals surface area contributed by atoms with Crippen molar-refractivity contribution < 1.29 is 14.3 Å². The van der Waals surface area contributed by atoms with E-state index < -0.39 is 0 Å². The molecule has 3 heterocycles. The molecule has 48 heavy (non-hydrogen) atoms. The van der Waals surface area contributed by atoms with Gasteiger partial charge in [0.1, 0.15) is 18.0 Å². The predicted molar refractivity (Wildman–Crippen MR) is 197 cm³/mol. The highest BCUT2D eigenvalue weighted by molar-refractivity contribution is 6.00. The largest absolute Gasteiger partial charge is 0.462 e. The van der Waals surface area contributed by atoms with Crippen LogP contribution in [0.1, 0.15) is 120 Å². The fourth-order valence-electron chi connectivity index (χ4n) is 8.98. The van der Waals surface area contributed by atoms with Gasteiger partial charge in [-0.15, -0.1) is 0 Å². The lowest BCUT2D eigenvalue weighted by atomic mass is 9.83. The van der Waals surface area contributed by atoms with Crippen molar-refractivity contribution in [1.29, 1.82) is 0 Å². The molecule has 0 amide bonds. The summed E-state index contributed by atoms with van der Waals surface area (Å²) in [6, 6.07) is 17.0. The van der Waals surface area contributed by atoms with Gasteiger partial charge in [-0.1, -0.05) is 43.5 Å². The molecule has 250 valence electrons. The number of fused-ring (bicyclic) bond motifs is 4. The number of ether oxygens (including phenoxy) is 2. The van der Waals surface area contributed by atoms with E-state index in [-0.39, 0.29) is 17.0 Å². The van der Waals surface area contributed by atoms with Gasteiger partial charge in [0.05, 0.1) is 23.8 Å². The van der Waals surface area contributed by atoms with Gasteiger partial charge >= 0.3 is 5.97 Å². The van der Waals surface area contributed by atoms with Gasteiger partial charge in [0.25, 0.3) is 0 Å². The standard InChI is InChI=1S/C43H51N2O3/c1-9-44-36-22-38-34(20-32(36)27(3)24-42(44,5)6)40(30-18-14-15-19-31(30)41(46)47-26-29-16-12-11-13-17-29)35-21-33-28(4)25-43(7,8)45(10-2)37(33)23-39(35)48-38/h14-15,18-25,29H,9-13,16-17,26H2,1-8H3/q+1. The molecule has 4 aliphatic rings. The summed E-state index contributed by atoms with van der Waals surface area (Å²) in [5, 5.41) is 2.18. The first-order valence-corrected chi connectivity index (χ1v) is 18.1. The number of anilines is 1. The van der Waals surface area contributed by atoms with E-state index in [4.69, 9.17) is 9.47 Å². The van der Waals surface area contributed by atoms with Crippen LogP contribution >= 0.6 is 0 Å². The first-order chi connectivity index (χ1) is 22.9. The van der Waals surface area contributed by atoms with Gasteiger partial charge in [-0.3, -0.25) is 0 Å². The molecule has 7 rings (SSSR count). The van der Waals surface area contributed by atoms with E-state index in [2.05, 4.69) is 107 Å². The Morgan fingerprint density at radius 1 is 0.875 bits per heavy atom. The van der Waals surface area contributed by atoms with Gasteiger partial charge in [-0.25, -0.2) is 9.37 Å². The number of benzene rings is 3. The molecule has 0 unspecified atom stereocenters. The first kappa shape index (κ1) is 32.4. The molecular weight excluding hydrogens is 592 g/mol. The minimum atomic E-state index is -0.251. The highest BCUT2D eigenvalue weighted by atomic mass is 16.5. The number of hydrogen-bond donors (Lipinski definition) is 0.